The Morgan fingerprint density at radius 2 is 2.30 bits per heavy atom. The molecule has 3 rings (SSSR count). The van der Waals surface area contributed by atoms with Gasteiger partial charge < -0.3 is 4.90 Å². The summed E-state index contributed by atoms with van der Waals surface area (Å²) in [5.41, 5.74) is 0.503. The molecule has 2 aromatic rings. The van der Waals surface area contributed by atoms with Crippen LogP contribution in [-0.4, -0.2) is 33.7 Å². The maximum atomic E-state index is 12.5. The topological polar surface area (TPSA) is 38.1 Å². The summed E-state index contributed by atoms with van der Waals surface area (Å²) < 4.78 is 2.92. The number of likely N-dealkylation sites (tertiary alicyclic amines) is 1. The second-order valence-electron chi connectivity index (χ2n) is 4.77. The van der Waals surface area contributed by atoms with E-state index in [1.807, 2.05) is 21.8 Å². The second kappa shape index (κ2) is 5.76. The highest BCUT2D eigenvalue weighted by atomic mass is 35.5. The first-order valence-corrected chi connectivity index (χ1v) is 7.95. The van der Waals surface area contributed by atoms with Crippen LogP contribution < -0.4 is 0 Å². The Hall–Kier alpha value is -1.04. The number of carbonyl (C=O) groups excluding carboxylic acids is 1. The van der Waals surface area contributed by atoms with E-state index in [0.717, 1.165) is 19.4 Å². The maximum Gasteiger partial charge on any atom is 0.256 e. The fraction of sp³-hybridized carbons (Fsp3) is 0.385. The monoisotopic (exact) mass is 329 g/mol. The number of aromatic nitrogens is 2. The number of halogens is 2. The quantitative estimate of drug-likeness (QED) is 0.841. The van der Waals surface area contributed by atoms with E-state index in [2.05, 4.69) is 5.10 Å². The van der Waals surface area contributed by atoms with Crippen LogP contribution in [0.5, 0.6) is 0 Å². The first-order chi connectivity index (χ1) is 9.65. The summed E-state index contributed by atoms with van der Waals surface area (Å²) in [4.78, 5) is 14.3. The molecule has 0 spiro atoms. The number of rotatable bonds is 2. The van der Waals surface area contributed by atoms with Gasteiger partial charge >= 0.3 is 0 Å². The lowest BCUT2D eigenvalue weighted by Gasteiger charge is -2.32. The minimum atomic E-state index is -0.0463. The van der Waals surface area contributed by atoms with E-state index < -0.39 is 0 Å². The van der Waals surface area contributed by atoms with Crippen LogP contribution in [0.15, 0.2) is 24.5 Å². The number of piperidine rings is 1. The van der Waals surface area contributed by atoms with Crippen LogP contribution in [0.4, 0.5) is 0 Å². The minimum Gasteiger partial charge on any atom is -0.336 e. The Labute approximate surface area is 130 Å². The van der Waals surface area contributed by atoms with Gasteiger partial charge in [0.2, 0.25) is 0 Å². The van der Waals surface area contributed by atoms with Crippen molar-refractivity contribution >= 4 is 40.4 Å². The van der Waals surface area contributed by atoms with Crippen molar-refractivity contribution in [2.75, 3.05) is 13.1 Å². The van der Waals surface area contributed by atoms with Crippen LogP contribution in [0.1, 0.15) is 29.2 Å². The van der Waals surface area contributed by atoms with E-state index in [-0.39, 0.29) is 11.9 Å². The van der Waals surface area contributed by atoms with Crippen molar-refractivity contribution in [2.24, 2.45) is 0 Å². The minimum absolute atomic E-state index is 0.0463. The fourth-order valence-corrected chi connectivity index (χ4v) is 3.96. The van der Waals surface area contributed by atoms with Gasteiger partial charge in [-0.05, 0) is 25.0 Å². The van der Waals surface area contributed by atoms with Crippen molar-refractivity contribution in [2.45, 2.75) is 18.9 Å². The van der Waals surface area contributed by atoms with Gasteiger partial charge in [0.1, 0.15) is 4.34 Å². The van der Waals surface area contributed by atoms with Crippen molar-refractivity contribution in [3.8, 4) is 0 Å². The Morgan fingerprint density at radius 1 is 1.45 bits per heavy atom. The van der Waals surface area contributed by atoms with Crippen LogP contribution in [0.2, 0.25) is 8.67 Å². The summed E-state index contributed by atoms with van der Waals surface area (Å²) in [5.74, 6) is -0.0463. The molecule has 1 aliphatic rings. The molecule has 0 unspecified atom stereocenters. The van der Waals surface area contributed by atoms with Gasteiger partial charge in [-0.1, -0.05) is 23.2 Å². The average Bonchev–Trinajstić information content (AvgIpc) is 3.08. The zero-order valence-corrected chi connectivity index (χ0v) is 13.0. The summed E-state index contributed by atoms with van der Waals surface area (Å²) in [6.45, 7) is 1.41. The van der Waals surface area contributed by atoms with Gasteiger partial charge in [0, 0.05) is 25.5 Å². The zero-order valence-electron chi connectivity index (χ0n) is 10.6. The van der Waals surface area contributed by atoms with Gasteiger partial charge in [0.25, 0.3) is 5.91 Å². The van der Waals surface area contributed by atoms with E-state index in [1.165, 1.54) is 11.3 Å². The SMILES string of the molecule is O=C(c1cc(Cl)sc1Cl)N1CCC[C@@H](n2cccn2)C1. The lowest BCUT2D eigenvalue weighted by molar-refractivity contribution is 0.0673. The number of carbonyl (C=O) groups is 1. The van der Waals surface area contributed by atoms with Crippen molar-refractivity contribution < 1.29 is 4.79 Å². The number of thiophene rings is 1. The van der Waals surface area contributed by atoms with E-state index >= 15 is 0 Å². The number of amides is 1. The molecule has 0 aromatic carbocycles. The zero-order chi connectivity index (χ0) is 14.1. The van der Waals surface area contributed by atoms with Gasteiger partial charge in [0.15, 0.2) is 0 Å². The molecule has 1 fully saturated rings. The molecule has 0 saturated carbocycles. The molecule has 0 radical (unpaired) electrons. The highest BCUT2D eigenvalue weighted by Gasteiger charge is 2.27. The molecule has 0 bridgehead atoms. The predicted octanol–water partition coefficient (Wildman–Crippen LogP) is 3.73. The van der Waals surface area contributed by atoms with Crippen LogP contribution in [-0.2, 0) is 0 Å². The largest absolute Gasteiger partial charge is 0.336 e. The molecule has 4 nitrogen and oxygen atoms in total. The molecule has 0 aliphatic carbocycles. The van der Waals surface area contributed by atoms with E-state index in [9.17, 15) is 4.79 Å². The molecule has 3 heterocycles. The second-order valence-corrected chi connectivity index (χ2v) is 7.06. The Bertz CT molecular complexity index is 611. The van der Waals surface area contributed by atoms with E-state index in [0.29, 0.717) is 20.8 Å². The number of hydrogen-bond acceptors (Lipinski definition) is 3. The molecule has 1 atom stereocenters. The molecule has 106 valence electrons. The van der Waals surface area contributed by atoms with Crippen molar-refractivity contribution in [1.29, 1.82) is 0 Å². The third-order valence-electron chi connectivity index (χ3n) is 3.47. The average molecular weight is 330 g/mol. The molecule has 7 heteroatoms. The lowest BCUT2D eigenvalue weighted by atomic mass is 10.1. The molecule has 20 heavy (non-hydrogen) atoms. The highest BCUT2D eigenvalue weighted by molar-refractivity contribution is 7.20. The lowest BCUT2D eigenvalue weighted by Crippen LogP contribution is -2.40. The van der Waals surface area contributed by atoms with E-state index in [1.54, 1.807) is 12.3 Å². The van der Waals surface area contributed by atoms with Gasteiger partial charge in [-0.15, -0.1) is 11.3 Å². The summed E-state index contributed by atoms with van der Waals surface area (Å²) in [5, 5.41) is 4.26. The summed E-state index contributed by atoms with van der Waals surface area (Å²) >= 11 is 13.2. The smallest absolute Gasteiger partial charge is 0.256 e. The van der Waals surface area contributed by atoms with Gasteiger partial charge in [-0.25, -0.2) is 0 Å². The standard InChI is InChI=1S/C13H13Cl2N3OS/c14-11-7-10(12(15)20-11)13(19)17-5-1-3-9(8-17)18-6-2-4-16-18/h2,4,6-7,9H,1,3,5,8H2/t9-/m1/s1. The van der Waals surface area contributed by atoms with Gasteiger partial charge in [0.05, 0.1) is 15.9 Å². The molecule has 1 aliphatic heterocycles. The number of nitrogens with zero attached hydrogens (tertiary/aromatic N) is 3. The van der Waals surface area contributed by atoms with Crippen LogP contribution in [0.3, 0.4) is 0 Å². The molecular weight excluding hydrogens is 317 g/mol. The maximum absolute atomic E-state index is 12.5. The third kappa shape index (κ3) is 2.71. The van der Waals surface area contributed by atoms with Crippen molar-refractivity contribution in [1.82, 2.24) is 14.7 Å². The molecule has 0 N–H and O–H groups in total. The van der Waals surface area contributed by atoms with E-state index in [4.69, 9.17) is 23.2 Å². The molecular formula is C13H13Cl2N3OS. The van der Waals surface area contributed by atoms with Crippen LogP contribution in [0.25, 0.3) is 0 Å². The first-order valence-electron chi connectivity index (χ1n) is 6.38. The predicted molar refractivity (Wildman–Crippen MR) is 80.7 cm³/mol. The van der Waals surface area contributed by atoms with Crippen LogP contribution >= 0.6 is 34.5 Å². The first kappa shape index (κ1) is 13.9. The third-order valence-corrected chi connectivity index (χ3v) is 4.96. The molecule has 1 saturated heterocycles. The molecule has 2 aromatic heterocycles. The Kier molecular flexibility index (Phi) is 4.01. The summed E-state index contributed by atoms with van der Waals surface area (Å²) in [6, 6.07) is 3.78. The number of hydrogen-bond donors (Lipinski definition) is 0. The summed E-state index contributed by atoms with van der Waals surface area (Å²) in [6.07, 6.45) is 5.69. The van der Waals surface area contributed by atoms with Crippen LogP contribution in [0, 0.1) is 0 Å². The van der Waals surface area contributed by atoms with Gasteiger partial charge in [-0.3, -0.25) is 9.48 Å². The van der Waals surface area contributed by atoms with Crippen molar-refractivity contribution in [3.05, 3.63) is 38.8 Å². The van der Waals surface area contributed by atoms with Crippen molar-refractivity contribution in [3.63, 3.8) is 0 Å². The normalized spacial score (nSPS) is 19.3. The summed E-state index contributed by atoms with van der Waals surface area (Å²) in [7, 11) is 0. The Balaban J connectivity index is 1.77. The fourth-order valence-electron chi connectivity index (χ4n) is 2.51. The Morgan fingerprint density at radius 3 is 2.95 bits per heavy atom. The molecule has 1 amide bonds. The highest BCUT2D eigenvalue weighted by Crippen LogP contribution is 2.33. The van der Waals surface area contributed by atoms with Gasteiger partial charge in [-0.2, -0.15) is 5.10 Å².